The Morgan fingerprint density at radius 2 is 2.00 bits per heavy atom. The van der Waals surface area contributed by atoms with E-state index in [-0.39, 0.29) is 6.03 Å². The minimum atomic E-state index is -3.16. The number of benzene rings is 1. The van der Waals surface area contributed by atoms with E-state index in [0.717, 1.165) is 25.5 Å². The first-order valence-corrected chi connectivity index (χ1v) is 9.89. The van der Waals surface area contributed by atoms with E-state index in [1.807, 2.05) is 6.07 Å². The van der Waals surface area contributed by atoms with Gasteiger partial charge in [-0.1, -0.05) is 24.3 Å². The quantitative estimate of drug-likeness (QED) is 0.655. The first-order chi connectivity index (χ1) is 11.0. The molecule has 0 radical (unpaired) electrons. The third kappa shape index (κ3) is 6.19. The summed E-state index contributed by atoms with van der Waals surface area (Å²) in [6.07, 6.45) is 5.05. The van der Waals surface area contributed by atoms with Crippen molar-refractivity contribution in [1.82, 2.24) is 15.4 Å². The van der Waals surface area contributed by atoms with E-state index >= 15 is 0 Å². The highest BCUT2D eigenvalue weighted by molar-refractivity contribution is 7.88. The third-order valence-corrected chi connectivity index (χ3v) is 4.73. The maximum atomic E-state index is 11.8. The number of rotatable bonds is 7. The lowest BCUT2D eigenvalue weighted by atomic mass is 9.83. The molecule has 6 nitrogen and oxygen atoms in total. The average molecular weight is 339 g/mol. The largest absolute Gasteiger partial charge is 0.338 e. The SMILES string of the molecule is CS(=O)(=O)NCCCNC(=O)NCC1CCCc2ccccc21. The first-order valence-electron chi connectivity index (χ1n) is 8.00. The van der Waals surface area contributed by atoms with Crippen molar-refractivity contribution in [2.45, 2.75) is 31.6 Å². The molecule has 1 aliphatic carbocycles. The highest BCUT2D eigenvalue weighted by atomic mass is 32.2. The van der Waals surface area contributed by atoms with Crippen LogP contribution in [0.3, 0.4) is 0 Å². The van der Waals surface area contributed by atoms with Crippen molar-refractivity contribution in [3.8, 4) is 0 Å². The summed E-state index contributed by atoms with van der Waals surface area (Å²) < 4.78 is 24.2. The molecule has 0 heterocycles. The van der Waals surface area contributed by atoms with Crippen LogP contribution in [-0.4, -0.2) is 40.3 Å². The van der Waals surface area contributed by atoms with Crippen molar-refractivity contribution in [2.24, 2.45) is 0 Å². The molecule has 0 fully saturated rings. The van der Waals surface area contributed by atoms with Crippen molar-refractivity contribution >= 4 is 16.1 Å². The Morgan fingerprint density at radius 1 is 1.22 bits per heavy atom. The predicted octanol–water partition coefficient (Wildman–Crippen LogP) is 1.34. The van der Waals surface area contributed by atoms with Crippen LogP contribution in [0.15, 0.2) is 24.3 Å². The number of urea groups is 1. The second-order valence-electron chi connectivity index (χ2n) is 5.94. The summed E-state index contributed by atoms with van der Waals surface area (Å²) in [6, 6.07) is 8.22. The van der Waals surface area contributed by atoms with E-state index in [9.17, 15) is 13.2 Å². The van der Waals surface area contributed by atoms with E-state index in [1.165, 1.54) is 11.1 Å². The van der Waals surface area contributed by atoms with Crippen LogP contribution in [0.1, 0.15) is 36.3 Å². The van der Waals surface area contributed by atoms with Gasteiger partial charge in [-0.2, -0.15) is 0 Å². The Morgan fingerprint density at radius 3 is 2.78 bits per heavy atom. The predicted molar refractivity (Wildman–Crippen MR) is 91.0 cm³/mol. The summed E-state index contributed by atoms with van der Waals surface area (Å²) in [4.78, 5) is 11.8. The molecule has 1 aromatic carbocycles. The first kappa shape index (κ1) is 17.7. The van der Waals surface area contributed by atoms with Gasteiger partial charge in [-0.05, 0) is 36.8 Å². The maximum Gasteiger partial charge on any atom is 0.314 e. The molecule has 0 aliphatic heterocycles. The molecule has 2 rings (SSSR count). The standard InChI is InChI=1S/C16H25N3O3S/c1-23(21,22)19-11-5-10-17-16(20)18-12-14-8-4-7-13-6-2-3-9-15(13)14/h2-3,6,9,14,19H,4-5,7-8,10-12H2,1H3,(H2,17,18,20). The van der Waals surface area contributed by atoms with Crippen LogP contribution in [0.25, 0.3) is 0 Å². The number of aryl methyl sites for hydroxylation is 1. The topological polar surface area (TPSA) is 87.3 Å². The molecule has 0 aromatic heterocycles. The minimum absolute atomic E-state index is 0.201. The summed E-state index contributed by atoms with van der Waals surface area (Å²) in [5.74, 6) is 0.373. The molecule has 1 unspecified atom stereocenters. The van der Waals surface area contributed by atoms with Gasteiger partial charge in [0.05, 0.1) is 6.26 Å². The van der Waals surface area contributed by atoms with E-state index in [1.54, 1.807) is 0 Å². The second kappa shape index (κ2) is 8.31. The molecule has 2 amide bonds. The van der Waals surface area contributed by atoms with Gasteiger partial charge in [-0.15, -0.1) is 0 Å². The molecule has 1 aromatic rings. The number of sulfonamides is 1. The van der Waals surface area contributed by atoms with Crippen LogP contribution in [0.5, 0.6) is 0 Å². The van der Waals surface area contributed by atoms with Gasteiger partial charge in [0, 0.05) is 25.6 Å². The van der Waals surface area contributed by atoms with E-state index < -0.39 is 10.0 Å². The lowest BCUT2D eigenvalue weighted by Crippen LogP contribution is -2.39. The summed E-state index contributed by atoms with van der Waals surface area (Å²) in [6.45, 7) is 1.40. The fourth-order valence-corrected chi connectivity index (χ4v) is 3.41. The monoisotopic (exact) mass is 339 g/mol. The lowest BCUT2D eigenvalue weighted by molar-refractivity contribution is 0.239. The number of nitrogens with one attached hydrogen (secondary N) is 3. The van der Waals surface area contributed by atoms with Gasteiger partial charge in [-0.3, -0.25) is 0 Å². The van der Waals surface area contributed by atoms with Gasteiger partial charge in [0.1, 0.15) is 0 Å². The minimum Gasteiger partial charge on any atom is -0.338 e. The van der Waals surface area contributed by atoms with E-state index in [0.29, 0.717) is 32.0 Å². The summed E-state index contributed by atoms with van der Waals surface area (Å²) in [5, 5.41) is 5.66. The highest BCUT2D eigenvalue weighted by Gasteiger charge is 2.19. The van der Waals surface area contributed by atoms with Gasteiger partial charge < -0.3 is 10.6 Å². The van der Waals surface area contributed by atoms with Crippen molar-refractivity contribution in [3.05, 3.63) is 35.4 Å². The van der Waals surface area contributed by atoms with Gasteiger partial charge in [-0.25, -0.2) is 17.9 Å². The summed E-state index contributed by atoms with van der Waals surface area (Å²) in [5.41, 5.74) is 2.73. The Labute approximate surface area is 138 Å². The van der Waals surface area contributed by atoms with Crippen LogP contribution < -0.4 is 15.4 Å². The molecule has 23 heavy (non-hydrogen) atoms. The molecule has 0 spiro atoms. The van der Waals surface area contributed by atoms with Crippen LogP contribution in [0.2, 0.25) is 0 Å². The Balaban J connectivity index is 1.67. The van der Waals surface area contributed by atoms with Crippen molar-refractivity contribution in [1.29, 1.82) is 0 Å². The zero-order valence-corrected chi connectivity index (χ0v) is 14.3. The Hall–Kier alpha value is -1.60. The van der Waals surface area contributed by atoms with E-state index in [2.05, 4.69) is 33.6 Å². The summed E-state index contributed by atoms with van der Waals surface area (Å²) in [7, 11) is -3.16. The van der Waals surface area contributed by atoms with Crippen molar-refractivity contribution in [2.75, 3.05) is 25.9 Å². The molecule has 1 atom stereocenters. The van der Waals surface area contributed by atoms with Crippen LogP contribution in [-0.2, 0) is 16.4 Å². The molecule has 128 valence electrons. The lowest BCUT2D eigenvalue weighted by Gasteiger charge is -2.25. The molecule has 0 bridgehead atoms. The maximum absolute atomic E-state index is 11.8. The second-order valence-corrected chi connectivity index (χ2v) is 7.78. The number of fused-ring (bicyclic) bond motifs is 1. The summed E-state index contributed by atoms with van der Waals surface area (Å²) >= 11 is 0. The molecule has 7 heteroatoms. The van der Waals surface area contributed by atoms with Crippen LogP contribution >= 0.6 is 0 Å². The van der Waals surface area contributed by atoms with Crippen molar-refractivity contribution < 1.29 is 13.2 Å². The molecule has 1 aliphatic rings. The van der Waals surface area contributed by atoms with Gasteiger partial charge in [0.25, 0.3) is 0 Å². The van der Waals surface area contributed by atoms with Gasteiger partial charge in [0.15, 0.2) is 0 Å². The number of carbonyl (C=O) groups is 1. The normalized spacial score (nSPS) is 17.3. The molecular weight excluding hydrogens is 314 g/mol. The average Bonchev–Trinajstić information content (AvgIpc) is 2.51. The van der Waals surface area contributed by atoms with Crippen LogP contribution in [0.4, 0.5) is 4.79 Å². The van der Waals surface area contributed by atoms with Gasteiger partial charge in [0.2, 0.25) is 10.0 Å². The van der Waals surface area contributed by atoms with Crippen molar-refractivity contribution in [3.63, 3.8) is 0 Å². The smallest absolute Gasteiger partial charge is 0.314 e. The molecule has 3 N–H and O–H groups in total. The van der Waals surface area contributed by atoms with E-state index in [4.69, 9.17) is 0 Å². The fourth-order valence-electron chi connectivity index (χ4n) is 2.89. The number of hydrogen-bond donors (Lipinski definition) is 3. The third-order valence-electron chi connectivity index (χ3n) is 4.01. The number of amides is 2. The molecule has 0 saturated heterocycles. The molecule has 0 saturated carbocycles. The highest BCUT2D eigenvalue weighted by Crippen LogP contribution is 2.30. The van der Waals surface area contributed by atoms with Crippen LogP contribution in [0, 0.1) is 0 Å². The van der Waals surface area contributed by atoms with Gasteiger partial charge >= 0.3 is 6.03 Å². The zero-order chi connectivity index (χ0) is 16.7. The molecular formula is C16H25N3O3S. The number of carbonyl (C=O) groups excluding carboxylic acids is 1. The fraction of sp³-hybridized carbons (Fsp3) is 0.562. The zero-order valence-electron chi connectivity index (χ0n) is 13.5. The number of hydrogen-bond acceptors (Lipinski definition) is 3. The Bertz CT molecular complexity index is 631. The Kier molecular flexibility index (Phi) is 6.41.